The minimum atomic E-state index is 0.0526. The van der Waals surface area contributed by atoms with Crippen LogP contribution >= 0.6 is 0 Å². The summed E-state index contributed by atoms with van der Waals surface area (Å²) in [6.07, 6.45) is 8.95. The monoisotopic (exact) mass is 597 g/mol. The lowest BCUT2D eigenvalue weighted by atomic mass is 9.67. The van der Waals surface area contributed by atoms with Crippen molar-refractivity contribution in [2.75, 3.05) is 4.90 Å². The predicted octanol–water partition coefficient (Wildman–Crippen LogP) is 12.8. The lowest BCUT2D eigenvalue weighted by Gasteiger charge is -2.37. The number of benzene rings is 6. The highest BCUT2D eigenvalue weighted by Gasteiger charge is 2.34. The molecule has 1 saturated carbocycles. The van der Waals surface area contributed by atoms with E-state index in [0.717, 1.165) is 39.0 Å². The van der Waals surface area contributed by atoms with Crippen LogP contribution in [0.4, 0.5) is 17.1 Å². The van der Waals surface area contributed by atoms with Gasteiger partial charge in [0.1, 0.15) is 11.2 Å². The molecule has 0 radical (unpaired) electrons. The molecule has 1 aromatic heterocycles. The van der Waals surface area contributed by atoms with Gasteiger partial charge in [-0.05, 0) is 83.6 Å². The minimum Gasteiger partial charge on any atom is -0.456 e. The average molecular weight is 598 g/mol. The first-order valence-corrected chi connectivity index (χ1v) is 16.8. The van der Waals surface area contributed by atoms with Crippen molar-refractivity contribution in [1.82, 2.24) is 0 Å². The van der Waals surface area contributed by atoms with Gasteiger partial charge in [0.25, 0.3) is 0 Å². The largest absolute Gasteiger partial charge is 0.456 e. The molecule has 0 aliphatic heterocycles. The van der Waals surface area contributed by atoms with E-state index < -0.39 is 0 Å². The number of fused-ring (bicyclic) bond motifs is 3. The standard InChI is InChI=1S/C44H39NO/c1-2-12-30-44(31-13-3-1,35-16-8-5-9-17-35)36-22-26-38(27-23-36)45(37-24-20-34(21-25-37)33-14-6-4-7-15-33)39-28-29-43-41(32-39)40-18-10-11-19-42(40)46-43/h4-11,14-29,32H,1-3,12-13,30-31H2. The maximum atomic E-state index is 6.20. The number of nitrogens with zero attached hydrogens (tertiary/aromatic N) is 1. The molecule has 7 aromatic rings. The van der Waals surface area contributed by atoms with Crippen molar-refractivity contribution < 1.29 is 4.42 Å². The Morgan fingerprint density at radius 1 is 0.413 bits per heavy atom. The first-order chi connectivity index (χ1) is 22.8. The first-order valence-electron chi connectivity index (χ1n) is 16.8. The van der Waals surface area contributed by atoms with Crippen molar-refractivity contribution in [3.63, 3.8) is 0 Å². The van der Waals surface area contributed by atoms with E-state index in [-0.39, 0.29) is 5.41 Å². The second kappa shape index (κ2) is 12.4. The van der Waals surface area contributed by atoms with Crippen molar-refractivity contribution in [3.05, 3.63) is 163 Å². The van der Waals surface area contributed by atoms with Crippen LogP contribution in [0.15, 0.2) is 156 Å². The second-order valence-corrected chi connectivity index (χ2v) is 12.8. The van der Waals surface area contributed by atoms with Crippen molar-refractivity contribution in [2.45, 2.75) is 50.4 Å². The zero-order chi connectivity index (χ0) is 30.8. The summed E-state index contributed by atoms with van der Waals surface area (Å²) in [5, 5.41) is 2.27. The summed E-state index contributed by atoms with van der Waals surface area (Å²) in [4.78, 5) is 2.38. The Morgan fingerprint density at radius 3 is 1.65 bits per heavy atom. The first kappa shape index (κ1) is 28.4. The Kier molecular flexibility index (Phi) is 7.64. The summed E-state index contributed by atoms with van der Waals surface area (Å²) in [5.74, 6) is 0. The normalized spacial score (nSPS) is 15.0. The van der Waals surface area contributed by atoms with E-state index in [0.29, 0.717) is 0 Å². The van der Waals surface area contributed by atoms with Gasteiger partial charge in [-0.15, -0.1) is 0 Å². The molecule has 0 atom stereocenters. The molecule has 6 aromatic carbocycles. The molecule has 0 bridgehead atoms. The number of hydrogen-bond donors (Lipinski definition) is 0. The van der Waals surface area contributed by atoms with Gasteiger partial charge in [0.2, 0.25) is 0 Å². The molecule has 0 unspecified atom stereocenters. The fourth-order valence-electron chi connectivity index (χ4n) is 7.67. The lowest BCUT2D eigenvalue weighted by Crippen LogP contribution is -2.29. The molecule has 46 heavy (non-hydrogen) atoms. The van der Waals surface area contributed by atoms with E-state index in [9.17, 15) is 0 Å². The van der Waals surface area contributed by atoms with E-state index in [2.05, 4.69) is 144 Å². The number of anilines is 3. The number of rotatable bonds is 6. The molecule has 1 heterocycles. The summed E-state index contributed by atoms with van der Waals surface area (Å²) in [5.41, 5.74) is 10.6. The molecular weight excluding hydrogens is 558 g/mol. The van der Waals surface area contributed by atoms with E-state index in [1.165, 1.54) is 67.2 Å². The topological polar surface area (TPSA) is 16.4 Å². The Hall–Kier alpha value is -5.08. The highest BCUT2D eigenvalue weighted by molar-refractivity contribution is 6.06. The molecule has 1 aliphatic carbocycles. The van der Waals surface area contributed by atoms with Gasteiger partial charge >= 0.3 is 0 Å². The molecule has 0 spiro atoms. The molecule has 2 heteroatoms. The molecule has 226 valence electrons. The van der Waals surface area contributed by atoms with Crippen LogP contribution < -0.4 is 4.90 Å². The summed E-state index contributed by atoms with van der Waals surface area (Å²) < 4.78 is 6.20. The van der Waals surface area contributed by atoms with Crippen LogP contribution in [0.2, 0.25) is 0 Å². The fourth-order valence-corrected chi connectivity index (χ4v) is 7.67. The van der Waals surface area contributed by atoms with Gasteiger partial charge in [0.05, 0.1) is 0 Å². The summed E-state index contributed by atoms with van der Waals surface area (Å²) in [6, 6.07) is 55.2. The maximum absolute atomic E-state index is 6.20. The highest BCUT2D eigenvalue weighted by Crippen LogP contribution is 2.45. The van der Waals surface area contributed by atoms with E-state index in [1.807, 2.05) is 12.1 Å². The third kappa shape index (κ3) is 5.28. The minimum absolute atomic E-state index is 0.0526. The van der Waals surface area contributed by atoms with E-state index in [4.69, 9.17) is 4.42 Å². The Morgan fingerprint density at radius 2 is 0.935 bits per heavy atom. The molecular formula is C44H39NO. The molecule has 1 aliphatic rings. The van der Waals surface area contributed by atoms with Crippen LogP contribution in [-0.4, -0.2) is 0 Å². The second-order valence-electron chi connectivity index (χ2n) is 12.8. The summed E-state index contributed by atoms with van der Waals surface area (Å²) in [6.45, 7) is 0. The number of furan rings is 1. The van der Waals surface area contributed by atoms with Crippen LogP contribution in [0, 0.1) is 0 Å². The molecule has 2 nitrogen and oxygen atoms in total. The number of para-hydroxylation sites is 1. The van der Waals surface area contributed by atoms with Gasteiger partial charge in [-0.25, -0.2) is 0 Å². The highest BCUT2D eigenvalue weighted by atomic mass is 16.3. The van der Waals surface area contributed by atoms with Crippen LogP contribution in [0.3, 0.4) is 0 Å². The molecule has 0 saturated heterocycles. The molecule has 1 fully saturated rings. The average Bonchev–Trinajstić information content (AvgIpc) is 3.48. The quantitative estimate of drug-likeness (QED) is 0.190. The van der Waals surface area contributed by atoms with Crippen LogP contribution in [0.25, 0.3) is 33.1 Å². The van der Waals surface area contributed by atoms with Crippen LogP contribution in [0.1, 0.15) is 56.1 Å². The lowest BCUT2D eigenvalue weighted by molar-refractivity contribution is 0.366. The summed E-state index contributed by atoms with van der Waals surface area (Å²) in [7, 11) is 0. The number of hydrogen-bond acceptors (Lipinski definition) is 2. The predicted molar refractivity (Wildman–Crippen MR) is 193 cm³/mol. The molecule has 0 amide bonds. The molecule has 0 N–H and O–H groups in total. The van der Waals surface area contributed by atoms with Gasteiger partial charge < -0.3 is 9.32 Å². The van der Waals surface area contributed by atoms with E-state index in [1.54, 1.807) is 0 Å². The van der Waals surface area contributed by atoms with Crippen molar-refractivity contribution in [1.29, 1.82) is 0 Å². The zero-order valence-corrected chi connectivity index (χ0v) is 26.2. The third-order valence-corrected chi connectivity index (χ3v) is 10.1. The van der Waals surface area contributed by atoms with Crippen LogP contribution in [0.5, 0.6) is 0 Å². The van der Waals surface area contributed by atoms with Gasteiger partial charge in [-0.3, -0.25) is 0 Å². The maximum Gasteiger partial charge on any atom is 0.135 e. The van der Waals surface area contributed by atoms with Crippen molar-refractivity contribution in [3.8, 4) is 11.1 Å². The Labute approximate surface area is 271 Å². The Balaban J connectivity index is 1.24. The van der Waals surface area contributed by atoms with Crippen molar-refractivity contribution in [2.24, 2.45) is 0 Å². The van der Waals surface area contributed by atoms with Gasteiger partial charge in [0, 0.05) is 33.2 Å². The van der Waals surface area contributed by atoms with Crippen LogP contribution in [-0.2, 0) is 5.41 Å². The van der Waals surface area contributed by atoms with Gasteiger partial charge in [-0.1, -0.05) is 135 Å². The fraction of sp³-hybridized carbons (Fsp3) is 0.182. The Bertz CT molecular complexity index is 2050. The smallest absolute Gasteiger partial charge is 0.135 e. The molecule has 8 rings (SSSR count). The SMILES string of the molecule is c1ccc(-c2ccc(N(c3ccc(C4(c5ccccc5)CCCCCCC4)cc3)c3ccc4oc5ccccc5c4c3)cc2)cc1. The van der Waals surface area contributed by atoms with Crippen molar-refractivity contribution >= 4 is 39.0 Å². The zero-order valence-electron chi connectivity index (χ0n) is 26.2. The van der Waals surface area contributed by atoms with Gasteiger partial charge in [-0.2, -0.15) is 0 Å². The van der Waals surface area contributed by atoms with E-state index >= 15 is 0 Å². The summed E-state index contributed by atoms with van der Waals surface area (Å²) >= 11 is 0. The van der Waals surface area contributed by atoms with Gasteiger partial charge in [0.15, 0.2) is 0 Å². The third-order valence-electron chi connectivity index (χ3n) is 10.1.